The van der Waals surface area contributed by atoms with E-state index in [4.69, 9.17) is 4.74 Å². The minimum atomic E-state index is -3.34. The van der Waals surface area contributed by atoms with E-state index in [0.29, 0.717) is 54.6 Å². The number of methoxy groups -OCH3 is 1. The van der Waals surface area contributed by atoms with Gasteiger partial charge in [-0.2, -0.15) is 5.10 Å². The summed E-state index contributed by atoms with van der Waals surface area (Å²) < 4.78 is 58.7. The van der Waals surface area contributed by atoms with Crippen LogP contribution in [0.1, 0.15) is 22.7 Å². The molecule has 1 fully saturated rings. The third kappa shape index (κ3) is 5.36. The lowest BCUT2D eigenvalue weighted by Crippen LogP contribution is -2.42. The zero-order valence-electron chi connectivity index (χ0n) is 20.2. The van der Waals surface area contributed by atoms with E-state index in [9.17, 15) is 22.0 Å². The number of sulfone groups is 1. The van der Waals surface area contributed by atoms with Crippen LogP contribution in [0.4, 0.5) is 19.4 Å². The molecule has 0 bridgehead atoms. The van der Waals surface area contributed by atoms with Crippen molar-refractivity contribution in [3.05, 3.63) is 77.0 Å². The van der Waals surface area contributed by atoms with Gasteiger partial charge in [0.2, 0.25) is 0 Å². The Hall–Kier alpha value is -3.35. The molecular weight excluding hydrogens is 504 g/mol. The van der Waals surface area contributed by atoms with Crippen LogP contribution in [0.5, 0.6) is 0 Å². The Kier molecular flexibility index (Phi) is 6.97. The molecule has 37 heavy (non-hydrogen) atoms. The largest absolute Gasteiger partial charge is 0.383 e. The molecule has 0 radical (unpaired) electrons. The molecule has 196 valence electrons. The number of aromatic nitrogens is 2. The van der Waals surface area contributed by atoms with E-state index >= 15 is 0 Å². The number of rotatable bonds is 7. The lowest BCUT2D eigenvalue weighted by atomic mass is 9.94. The fourth-order valence-corrected chi connectivity index (χ4v) is 6.45. The van der Waals surface area contributed by atoms with Crippen molar-refractivity contribution in [2.24, 2.45) is 0 Å². The number of carbonyl (C=O) groups excluding carboxylic acids is 1. The minimum absolute atomic E-state index is 0.187. The van der Waals surface area contributed by atoms with Crippen molar-refractivity contribution in [2.75, 3.05) is 38.7 Å². The van der Waals surface area contributed by atoms with Crippen LogP contribution in [0.25, 0.3) is 5.69 Å². The highest BCUT2D eigenvalue weighted by atomic mass is 32.2. The Morgan fingerprint density at radius 3 is 2.62 bits per heavy atom. The van der Waals surface area contributed by atoms with Gasteiger partial charge >= 0.3 is 6.03 Å². The molecular formula is C25H27F2N5O4S. The second-order valence-electron chi connectivity index (χ2n) is 9.29. The van der Waals surface area contributed by atoms with Crippen LogP contribution in [0.3, 0.4) is 0 Å². The van der Waals surface area contributed by atoms with Crippen molar-refractivity contribution in [1.29, 1.82) is 0 Å². The molecule has 2 atom stereocenters. The summed E-state index contributed by atoms with van der Waals surface area (Å²) in [5, 5.41) is 10.2. The summed E-state index contributed by atoms with van der Waals surface area (Å²) in [6.07, 6.45) is 0. The molecule has 2 unspecified atom stereocenters. The molecule has 1 aromatic heterocycles. The van der Waals surface area contributed by atoms with Crippen LogP contribution in [0.2, 0.25) is 0 Å². The number of ether oxygens (including phenoxy) is 1. The molecule has 0 aliphatic carbocycles. The molecule has 2 aliphatic heterocycles. The fourth-order valence-electron chi connectivity index (χ4n) is 4.95. The van der Waals surface area contributed by atoms with Gasteiger partial charge in [-0.05, 0) is 29.8 Å². The highest BCUT2D eigenvalue weighted by Gasteiger charge is 2.37. The first-order valence-electron chi connectivity index (χ1n) is 11.8. The first-order chi connectivity index (χ1) is 17.7. The number of hydrogen-bond acceptors (Lipinski definition) is 6. The summed E-state index contributed by atoms with van der Waals surface area (Å²) in [6.45, 7) is 2.10. The van der Waals surface area contributed by atoms with Gasteiger partial charge in [0, 0.05) is 38.2 Å². The van der Waals surface area contributed by atoms with Gasteiger partial charge < -0.3 is 10.1 Å². The second-order valence-corrected chi connectivity index (χ2v) is 11.4. The molecule has 12 heteroatoms. The van der Waals surface area contributed by atoms with Crippen LogP contribution in [-0.4, -0.2) is 68.5 Å². The van der Waals surface area contributed by atoms with Crippen LogP contribution in [0, 0.1) is 11.6 Å². The summed E-state index contributed by atoms with van der Waals surface area (Å²) in [6, 6.07) is 11.9. The number of para-hydroxylation sites is 1. The van der Waals surface area contributed by atoms with Crippen molar-refractivity contribution in [3.63, 3.8) is 0 Å². The number of benzene rings is 2. The number of hydrogen-bond donors (Lipinski definition) is 2. The van der Waals surface area contributed by atoms with Crippen molar-refractivity contribution in [3.8, 4) is 5.69 Å². The topological polar surface area (TPSA) is 106 Å². The SMILES string of the molecule is COCCN1CC(NC(=O)Nc2c3c(nn2-c2ccccc2)CS(=O)(=O)C3)C(c2ccc(F)c(F)c2)C1. The number of likely N-dealkylation sites (tertiary alicyclic amines) is 1. The van der Waals surface area contributed by atoms with Crippen LogP contribution < -0.4 is 10.6 Å². The van der Waals surface area contributed by atoms with E-state index in [-0.39, 0.29) is 17.4 Å². The zero-order chi connectivity index (χ0) is 26.2. The van der Waals surface area contributed by atoms with E-state index in [1.165, 1.54) is 10.7 Å². The number of halogens is 2. The number of fused-ring (bicyclic) bond motifs is 1. The highest BCUT2D eigenvalue weighted by molar-refractivity contribution is 7.90. The van der Waals surface area contributed by atoms with Gasteiger partial charge in [0.05, 0.1) is 35.5 Å². The maximum Gasteiger partial charge on any atom is 0.320 e. The lowest BCUT2D eigenvalue weighted by Gasteiger charge is -2.21. The first-order valence-corrected chi connectivity index (χ1v) is 13.7. The summed E-state index contributed by atoms with van der Waals surface area (Å²) >= 11 is 0. The highest BCUT2D eigenvalue weighted by Crippen LogP contribution is 2.33. The molecule has 2 aliphatic rings. The third-order valence-electron chi connectivity index (χ3n) is 6.72. The third-order valence-corrected chi connectivity index (χ3v) is 8.16. The number of amides is 2. The van der Waals surface area contributed by atoms with Gasteiger partial charge in [-0.15, -0.1) is 0 Å². The van der Waals surface area contributed by atoms with Gasteiger partial charge in [-0.25, -0.2) is 26.7 Å². The molecule has 0 saturated carbocycles. The number of carbonyl (C=O) groups is 1. The van der Waals surface area contributed by atoms with Crippen LogP contribution in [0.15, 0.2) is 48.5 Å². The fraction of sp³-hybridized carbons (Fsp3) is 0.360. The van der Waals surface area contributed by atoms with E-state index in [0.717, 1.165) is 12.1 Å². The molecule has 2 amide bonds. The predicted octanol–water partition coefficient (Wildman–Crippen LogP) is 2.81. The van der Waals surface area contributed by atoms with Gasteiger partial charge in [0.1, 0.15) is 5.82 Å². The Morgan fingerprint density at radius 2 is 1.89 bits per heavy atom. The van der Waals surface area contributed by atoms with Crippen LogP contribution in [-0.2, 0) is 26.1 Å². The predicted molar refractivity (Wildman–Crippen MR) is 133 cm³/mol. The normalized spacial score (nSPS) is 20.6. The van der Waals surface area contributed by atoms with E-state index in [2.05, 4.69) is 20.6 Å². The van der Waals surface area contributed by atoms with Crippen LogP contribution >= 0.6 is 0 Å². The number of nitrogens with zero attached hydrogens (tertiary/aromatic N) is 3. The average molecular weight is 532 g/mol. The first kappa shape index (κ1) is 25.3. The van der Waals surface area contributed by atoms with Crippen molar-refractivity contribution in [1.82, 2.24) is 20.0 Å². The van der Waals surface area contributed by atoms with Crippen molar-refractivity contribution < 1.29 is 26.7 Å². The summed E-state index contributed by atoms with van der Waals surface area (Å²) in [5.41, 5.74) is 2.12. The quantitative estimate of drug-likeness (QED) is 0.486. The van der Waals surface area contributed by atoms with E-state index in [1.807, 2.05) is 30.3 Å². The molecule has 3 heterocycles. The Labute approximate surface area is 213 Å². The standard InChI is InChI=1S/C25H27F2N5O4S/c1-36-10-9-31-12-18(16-7-8-20(26)21(27)11-16)22(13-31)28-25(33)29-24-19-14-37(34,35)15-23(19)30-32(24)17-5-3-2-4-6-17/h2-8,11,18,22H,9-10,12-15H2,1H3,(H2,28,29,33). The molecule has 2 N–H and O–H groups in total. The number of nitrogens with one attached hydrogen (secondary N) is 2. The maximum absolute atomic E-state index is 14.0. The van der Waals surface area contributed by atoms with Gasteiger partial charge in [-0.3, -0.25) is 10.2 Å². The zero-order valence-corrected chi connectivity index (χ0v) is 21.0. The molecule has 9 nitrogen and oxygen atoms in total. The molecule has 0 spiro atoms. The average Bonchev–Trinajstić information content (AvgIpc) is 3.50. The Balaban J connectivity index is 1.40. The van der Waals surface area contributed by atoms with Crippen molar-refractivity contribution >= 4 is 21.7 Å². The minimum Gasteiger partial charge on any atom is -0.383 e. The maximum atomic E-state index is 14.0. The molecule has 3 aromatic rings. The summed E-state index contributed by atoms with van der Waals surface area (Å²) in [5.74, 6) is -2.27. The second kappa shape index (κ2) is 10.2. The number of urea groups is 1. The molecule has 5 rings (SSSR count). The van der Waals surface area contributed by atoms with Crippen molar-refractivity contribution in [2.45, 2.75) is 23.5 Å². The monoisotopic (exact) mass is 531 g/mol. The Bertz CT molecular complexity index is 1410. The Morgan fingerprint density at radius 1 is 1.11 bits per heavy atom. The summed E-state index contributed by atoms with van der Waals surface area (Å²) in [7, 11) is -1.74. The van der Waals surface area contributed by atoms with Gasteiger partial charge in [0.25, 0.3) is 0 Å². The molecule has 1 saturated heterocycles. The number of anilines is 1. The van der Waals surface area contributed by atoms with E-state index < -0.39 is 33.5 Å². The smallest absolute Gasteiger partial charge is 0.320 e. The van der Waals surface area contributed by atoms with Gasteiger partial charge in [-0.1, -0.05) is 24.3 Å². The van der Waals surface area contributed by atoms with Gasteiger partial charge in [0.15, 0.2) is 21.5 Å². The summed E-state index contributed by atoms with van der Waals surface area (Å²) in [4.78, 5) is 15.3. The lowest BCUT2D eigenvalue weighted by molar-refractivity contribution is 0.159. The van der Waals surface area contributed by atoms with E-state index in [1.54, 1.807) is 7.11 Å². The molecule has 2 aromatic carbocycles.